The molecular formula is C15H18N4OS. The van der Waals surface area contributed by atoms with Gasteiger partial charge in [-0.2, -0.15) is 0 Å². The summed E-state index contributed by atoms with van der Waals surface area (Å²) in [5.41, 5.74) is 2.52. The first-order valence-corrected chi connectivity index (χ1v) is 7.66. The number of anilines is 1. The molecule has 1 amide bonds. The van der Waals surface area contributed by atoms with Crippen LogP contribution in [0.1, 0.15) is 24.7 Å². The van der Waals surface area contributed by atoms with Crippen LogP contribution < -0.4 is 5.32 Å². The van der Waals surface area contributed by atoms with Gasteiger partial charge in [0.2, 0.25) is 5.91 Å². The highest BCUT2D eigenvalue weighted by Crippen LogP contribution is 2.24. The average Bonchev–Trinajstić information content (AvgIpc) is 2.44. The highest BCUT2D eigenvalue weighted by atomic mass is 32.2. The van der Waals surface area contributed by atoms with Gasteiger partial charge in [0, 0.05) is 17.6 Å². The highest BCUT2D eigenvalue weighted by Gasteiger charge is 2.19. The van der Waals surface area contributed by atoms with Crippen LogP contribution >= 0.6 is 11.8 Å². The van der Waals surface area contributed by atoms with E-state index in [2.05, 4.69) is 20.3 Å². The lowest BCUT2D eigenvalue weighted by molar-refractivity contribution is -0.115. The number of carbonyl (C=O) groups is 1. The second kappa shape index (κ2) is 7.17. The van der Waals surface area contributed by atoms with Crippen LogP contribution in [0.5, 0.6) is 0 Å². The molecule has 1 atom stereocenters. The zero-order valence-corrected chi connectivity index (χ0v) is 13.1. The van der Waals surface area contributed by atoms with Crippen molar-refractivity contribution in [2.75, 3.05) is 5.32 Å². The van der Waals surface area contributed by atoms with E-state index in [0.717, 1.165) is 11.4 Å². The van der Waals surface area contributed by atoms with E-state index in [-0.39, 0.29) is 11.2 Å². The van der Waals surface area contributed by atoms with Crippen LogP contribution in [0.15, 0.2) is 35.7 Å². The molecule has 5 nitrogen and oxygen atoms in total. The molecule has 21 heavy (non-hydrogen) atoms. The molecule has 0 aliphatic heterocycles. The first-order valence-electron chi connectivity index (χ1n) is 6.78. The number of hydrogen-bond donors (Lipinski definition) is 1. The Morgan fingerprint density at radius 3 is 2.62 bits per heavy atom. The summed E-state index contributed by atoms with van der Waals surface area (Å²) in [4.78, 5) is 25.0. The molecule has 0 saturated carbocycles. The minimum Gasteiger partial charge on any atom is -0.324 e. The van der Waals surface area contributed by atoms with Gasteiger partial charge in [0.25, 0.3) is 0 Å². The van der Waals surface area contributed by atoms with Crippen LogP contribution in [0, 0.1) is 13.8 Å². The largest absolute Gasteiger partial charge is 0.324 e. The minimum atomic E-state index is -0.230. The van der Waals surface area contributed by atoms with Gasteiger partial charge in [-0.25, -0.2) is 9.97 Å². The molecule has 1 unspecified atom stereocenters. The Morgan fingerprint density at radius 1 is 1.33 bits per heavy atom. The average molecular weight is 302 g/mol. The number of thioether (sulfide) groups is 1. The molecule has 6 heteroatoms. The summed E-state index contributed by atoms with van der Waals surface area (Å²) in [6.45, 7) is 5.83. The number of hydrogen-bond acceptors (Lipinski definition) is 5. The van der Waals surface area contributed by atoms with Crippen molar-refractivity contribution in [2.24, 2.45) is 0 Å². The molecule has 0 bridgehead atoms. The number of aryl methyl sites for hydroxylation is 2. The van der Waals surface area contributed by atoms with Gasteiger partial charge in [0.1, 0.15) is 0 Å². The predicted molar refractivity (Wildman–Crippen MR) is 84.3 cm³/mol. The summed E-state index contributed by atoms with van der Waals surface area (Å²) in [6.07, 6.45) is 4.00. The third kappa shape index (κ3) is 4.53. The monoisotopic (exact) mass is 302 g/mol. The summed E-state index contributed by atoms with van der Waals surface area (Å²) in [5, 5.41) is 3.27. The first kappa shape index (κ1) is 15.4. The van der Waals surface area contributed by atoms with Crippen molar-refractivity contribution in [1.82, 2.24) is 15.0 Å². The molecular weight excluding hydrogens is 284 g/mol. The second-order valence-corrected chi connectivity index (χ2v) is 5.85. The molecule has 0 aliphatic rings. The topological polar surface area (TPSA) is 67.8 Å². The van der Waals surface area contributed by atoms with Gasteiger partial charge < -0.3 is 5.32 Å². The molecule has 0 radical (unpaired) electrons. The van der Waals surface area contributed by atoms with Crippen molar-refractivity contribution < 1.29 is 4.79 Å². The van der Waals surface area contributed by atoms with Crippen LogP contribution in [0.4, 0.5) is 5.69 Å². The van der Waals surface area contributed by atoms with E-state index in [1.54, 1.807) is 18.5 Å². The van der Waals surface area contributed by atoms with E-state index in [9.17, 15) is 4.79 Å². The Balaban J connectivity index is 2.07. The van der Waals surface area contributed by atoms with Crippen molar-refractivity contribution in [2.45, 2.75) is 37.6 Å². The number of rotatable bonds is 5. The molecule has 0 fully saturated rings. The molecule has 1 N–H and O–H groups in total. The molecule has 0 saturated heterocycles. The van der Waals surface area contributed by atoms with Crippen LogP contribution in [0.25, 0.3) is 0 Å². The molecule has 0 spiro atoms. The lowest BCUT2D eigenvalue weighted by Gasteiger charge is -2.14. The fourth-order valence-corrected chi connectivity index (χ4v) is 2.84. The number of pyridine rings is 1. The third-order valence-corrected chi connectivity index (χ3v) is 4.03. The SMILES string of the molecule is CCC(Sc1nc(C)cc(C)n1)C(=O)Nc1cccnc1. The molecule has 0 aromatic carbocycles. The first-order chi connectivity index (χ1) is 10.1. The zero-order chi connectivity index (χ0) is 15.2. The summed E-state index contributed by atoms with van der Waals surface area (Å²) in [7, 11) is 0. The Bertz CT molecular complexity index is 598. The second-order valence-electron chi connectivity index (χ2n) is 4.68. The quantitative estimate of drug-likeness (QED) is 0.679. The van der Waals surface area contributed by atoms with Gasteiger partial charge in [-0.3, -0.25) is 9.78 Å². The van der Waals surface area contributed by atoms with Gasteiger partial charge >= 0.3 is 0 Å². The molecule has 0 aliphatic carbocycles. The Morgan fingerprint density at radius 2 is 2.05 bits per heavy atom. The lowest BCUT2D eigenvalue weighted by atomic mass is 10.3. The van der Waals surface area contributed by atoms with E-state index in [1.807, 2.05) is 32.9 Å². The molecule has 2 aromatic rings. The van der Waals surface area contributed by atoms with Gasteiger partial charge in [-0.15, -0.1) is 0 Å². The fourth-order valence-electron chi connectivity index (χ4n) is 1.86. The number of amides is 1. The molecule has 2 aromatic heterocycles. The van der Waals surface area contributed by atoms with E-state index in [1.165, 1.54) is 11.8 Å². The Hall–Kier alpha value is -1.95. The fraction of sp³-hybridized carbons (Fsp3) is 0.333. The van der Waals surface area contributed by atoms with Gasteiger partial charge in [0.05, 0.1) is 17.1 Å². The molecule has 2 rings (SSSR count). The van der Waals surface area contributed by atoms with Gasteiger partial charge in [-0.1, -0.05) is 18.7 Å². The van der Waals surface area contributed by atoms with E-state index < -0.39 is 0 Å². The highest BCUT2D eigenvalue weighted by molar-refractivity contribution is 8.00. The maximum Gasteiger partial charge on any atom is 0.238 e. The van der Waals surface area contributed by atoms with Crippen LogP contribution in [-0.2, 0) is 4.79 Å². The van der Waals surface area contributed by atoms with Crippen molar-refractivity contribution in [3.63, 3.8) is 0 Å². The standard InChI is InChI=1S/C15H18N4OS/c1-4-13(14(20)19-12-6-5-7-16-9-12)21-15-17-10(2)8-11(3)18-15/h5-9,13H,4H2,1-3H3,(H,19,20). The number of nitrogens with zero attached hydrogens (tertiary/aromatic N) is 3. The minimum absolute atomic E-state index is 0.0572. The van der Waals surface area contributed by atoms with Crippen molar-refractivity contribution in [3.05, 3.63) is 42.0 Å². The Kier molecular flexibility index (Phi) is 5.27. The van der Waals surface area contributed by atoms with Crippen LogP contribution in [0.2, 0.25) is 0 Å². The normalized spacial score (nSPS) is 12.0. The summed E-state index contributed by atoms with van der Waals surface area (Å²) in [6, 6.07) is 5.52. The third-order valence-electron chi connectivity index (χ3n) is 2.80. The smallest absolute Gasteiger partial charge is 0.238 e. The van der Waals surface area contributed by atoms with Gasteiger partial charge in [-0.05, 0) is 38.5 Å². The van der Waals surface area contributed by atoms with Crippen LogP contribution in [-0.4, -0.2) is 26.1 Å². The summed E-state index contributed by atoms with van der Waals surface area (Å²) in [5.74, 6) is -0.0572. The van der Waals surface area contributed by atoms with E-state index in [4.69, 9.17) is 0 Å². The Labute approximate surface area is 128 Å². The summed E-state index contributed by atoms with van der Waals surface area (Å²) < 4.78 is 0. The lowest BCUT2D eigenvalue weighted by Crippen LogP contribution is -2.25. The van der Waals surface area contributed by atoms with Crippen molar-refractivity contribution in [1.29, 1.82) is 0 Å². The number of nitrogens with one attached hydrogen (secondary N) is 1. The zero-order valence-electron chi connectivity index (χ0n) is 12.3. The number of aromatic nitrogens is 3. The maximum atomic E-state index is 12.3. The van der Waals surface area contributed by atoms with Gasteiger partial charge in [0.15, 0.2) is 5.16 Å². The molecule has 110 valence electrons. The predicted octanol–water partition coefficient (Wildman–Crippen LogP) is 3.00. The molecule has 2 heterocycles. The van der Waals surface area contributed by atoms with Crippen molar-refractivity contribution >= 4 is 23.4 Å². The van der Waals surface area contributed by atoms with Crippen LogP contribution in [0.3, 0.4) is 0 Å². The van der Waals surface area contributed by atoms with Crippen molar-refractivity contribution in [3.8, 4) is 0 Å². The maximum absolute atomic E-state index is 12.3. The van der Waals surface area contributed by atoms with E-state index >= 15 is 0 Å². The summed E-state index contributed by atoms with van der Waals surface area (Å²) >= 11 is 1.39. The number of carbonyl (C=O) groups excluding carboxylic acids is 1. The van der Waals surface area contributed by atoms with E-state index in [0.29, 0.717) is 17.3 Å².